The van der Waals surface area contributed by atoms with Crippen molar-refractivity contribution in [1.82, 2.24) is 0 Å². The number of carbonyl (C=O) groups is 1. The fourth-order valence-electron chi connectivity index (χ4n) is 2.13. The zero-order valence-corrected chi connectivity index (χ0v) is 11.5. The Bertz CT molecular complexity index is 598. The minimum atomic E-state index is -3.44. The molecule has 1 aliphatic heterocycles. The number of carbonyl (C=O) groups excluding carboxylic acids is 1. The van der Waals surface area contributed by atoms with Crippen LogP contribution in [0.15, 0.2) is 18.2 Å². The van der Waals surface area contributed by atoms with Crippen molar-refractivity contribution in [3.8, 4) is 0 Å². The van der Waals surface area contributed by atoms with E-state index in [1.807, 2.05) is 6.92 Å². The summed E-state index contributed by atoms with van der Waals surface area (Å²) in [6.45, 7) is 2.06. The number of Topliss-reactive ketones (excluding diaryl/α,β-unsaturated/α-hetero) is 1. The number of fused-ring (bicyclic) bond motifs is 1. The summed E-state index contributed by atoms with van der Waals surface area (Å²) >= 11 is 0. The van der Waals surface area contributed by atoms with Crippen molar-refractivity contribution in [3.63, 3.8) is 0 Å². The highest BCUT2D eigenvalue weighted by Crippen LogP contribution is 2.30. The van der Waals surface area contributed by atoms with Gasteiger partial charge in [0.1, 0.15) is 5.82 Å². The molecule has 0 saturated carbocycles. The van der Waals surface area contributed by atoms with Crippen molar-refractivity contribution in [2.45, 2.75) is 26.2 Å². The fourth-order valence-corrected chi connectivity index (χ4v) is 3.84. The maximum Gasteiger partial charge on any atom is 0.235 e. The first-order chi connectivity index (χ1) is 8.95. The molecular formula is C13H16FNO3S. The first kappa shape index (κ1) is 14.0. The molecule has 0 fully saturated rings. The Hall–Kier alpha value is -1.43. The Morgan fingerprint density at radius 1 is 1.37 bits per heavy atom. The SMILES string of the molecule is CCCCS(=O)(=O)N1CCC(=O)c2cc(F)ccc21. The third kappa shape index (κ3) is 2.78. The van der Waals surface area contributed by atoms with Crippen LogP contribution < -0.4 is 4.31 Å². The number of ketones is 1. The number of halogens is 1. The quantitative estimate of drug-likeness (QED) is 0.853. The van der Waals surface area contributed by atoms with Crippen LogP contribution in [0.25, 0.3) is 0 Å². The van der Waals surface area contributed by atoms with E-state index in [1.165, 1.54) is 16.4 Å². The number of sulfonamides is 1. The average molecular weight is 285 g/mol. The van der Waals surface area contributed by atoms with Crippen LogP contribution in [0.5, 0.6) is 0 Å². The van der Waals surface area contributed by atoms with E-state index in [1.54, 1.807) is 0 Å². The summed E-state index contributed by atoms with van der Waals surface area (Å²) in [6, 6.07) is 3.66. The number of hydrogen-bond donors (Lipinski definition) is 0. The summed E-state index contributed by atoms with van der Waals surface area (Å²) < 4.78 is 38.8. The Morgan fingerprint density at radius 2 is 2.11 bits per heavy atom. The Balaban J connectivity index is 2.41. The van der Waals surface area contributed by atoms with E-state index in [4.69, 9.17) is 0 Å². The maximum atomic E-state index is 13.2. The minimum absolute atomic E-state index is 0.0501. The molecule has 104 valence electrons. The normalized spacial score (nSPS) is 15.5. The molecular weight excluding hydrogens is 269 g/mol. The fraction of sp³-hybridized carbons (Fsp3) is 0.462. The summed E-state index contributed by atoms with van der Waals surface area (Å²) in [7, 11) is -3.44. The van der Waals surface area contributed by atoms with Gasteiger partial charge in [-0.2, -0.15) is 0 Å². The molecule has 1 aromatic carbocycles. The average Bonchev–Trinajstić information content (AvgIpc) is 2.37. The lowest BCUT2D eigenvalue weighted by molar-refractivity contribution is 0.0981. The molecule has 0 unspecified atom stereocenters. The molecule has 1 heterocycles. The highest BCUT2D eigenvalue weighted by molar-refractivity contribution is 7.92. The van der Waals surface area contributed by atoms with E-state index in [0.717, 1.165) is 12.5 Å². The van der Waals surface area contributed by atoms with E-state index in [0.29, 0.717) is 12.1 Å². The van der Waals surface area contributed by atoms with E-state index in [-0.39, 0.29) is 30.1 Å². The molecule has 0 N–H and O–H groups in total. The van der Waals surface area contributed by atoms with Gasteiger partial charge in [-0.15, -0.1) is 0 Å². The lowest BCUT2D eigenvalue weighted by Gasteiger charge is -2.29. The van der Waals surface area contributed by atoms with Crippen LogP contribution in [0.1, 0.15) is 36.5 Å². The first-order valence-corrected chi connectivity index (χ1v) is 7.90. The van der Waals surface area contributed by atoms with Crippen molar-refractivity contribution >= 4 is 21.5 Å². The molecule has 19 heavy (non-hydrogen) atoms. The smallest absolute Gasteiger partial charge is 0.235 e. The lowest BCUT2D eigenvalue weighted by atomic mass is 10.0. The van der Waals surface area contributed by atoms with Crippen LogP contribution in [-0.2, 0) is 10.0 Å². The number of rotatable bonds is 4. The third-order valence-corrected chi connectivity index (χ3v) is 5.02. The maximum absolute atomic E-state index is 13.2. The van der Waals surface area contributed by atoms with Gasteiger partial charge in [-0.25, -0.2) is 12.8 Å². The van der Waals surface area contributed by atoms with Crippen molar-refractivity contribution in [3.05, 3.63) is 29.6 Å². The minimum Gasteiger partial charge on any atom is -0.294 e. The highest BCUT2D eigenvalue weighted by atomic mass is 32.2. The van der Waals surface area contributed by atoms with Gasteiger partial charge >= 0.3 is 0 Å². The molecule has 0 radical (unpaired) electrons. The number of anilines is 1. The molecule has 2 rings (SSSR count). The van der Waals surface area contributed by atoms with E-state index >= 15 is 0 Å². The molecule has 0 aromatic heterocycles. The van der Waals surface area contributed by atoms with E-state index in [2.05, 4.69) is 0 Å². The second-order valence-electron chi connectivity index (χ2n) is 4.58. The van der Waals surface area contributed by atoms with Gasteiger partial charge in [-0.3, -0.25) is 9.10 Å². The second kappa shape index (κ2) is 5.28. The summed E-state index contributed by atoms with van der Waals surface area (Å²) in [6.07, 6.45) is 1.45. The van der Waals surface area contributed by atoms with Gasteiger partial charge in [0.15, 0.2) is 5.78 Å². The molecule has 1 aliphatic rings. The zero-order chi connectivity index (χ0) is 14.0. The van der Waals surface area contributed by atoms with Crippen molar-refractivity contribution in [1.29, 1.82) is 0 Å². The van der Waals surface area contributed by atoms with Gasteiger partial charge in [-0.05, 0) is 24.6 Å². The molecule has 0 saturated heterocycles. The van der Waals surface area contributed by atoms with Gasteiger partial charge in [0, 0.05) is 18.5 Å². The monoisotopic (exact) mass is 285 g/mol. The molecule has 0 spiro atoms. The van der Waals surface area contributed by atoms with Gasteiger partial charge in [0.2, 0.25) is 10.0 Å². The Labute approximate surface area is 112 Å². The summed E-state index contributed by atoms with van der Waals surface area (Å²) in [5, 5.41) is 0. The largest absolute Gasteiger partial charge is 0.294 e. The van der Waals surface area contributed by atoms with Crippen LogP contribution in [0, 0.1) is 5.82 Å². The Kier molecular flexibility index (Phi) is 3.89. The molecule has 0 atom stereocenters. The van der Waals surface area contributed by atoms with Gasteiger partial charge in [0.25, 0.3) is 0 Å². The highest BCUT2D eigenvalue weighted by Gasteiger charge is 2.30. The van der Waals surface area contributed by atoms with Crippen LogP contribution in [0.3, 0.4) is 0 Å². The predicted octanol–water partition coefficient (Wildman–Crippen LogP) is 2.35. The number of hydrogen-bond acceptors (Lipinski definition) is 3. The zero-order valence-electron chi connectivity index (χ0n) is 10.7. The van der Waals surface area contributed by atoms with Crippen LogP contribution in [0.4, 0.5) is 10.1 Å². The third-order valence-electron chi connectivity index (χ3n) is 3.16. The summed E-state index contributed by atoms with van der Waals surface area (Å²) in [5.41, 5.74) is 0.458. The lowest BCUT2D eigenvalue weighted by Crippen LogP contribution is -2.38. The number of nitrogens with zero attached hydrogens (tertiary/aromatic N) is 1. The molecule has 4 nitrogen and oxygen atoms in total. The molecule has 0 bridgehead atoms. The van der Waals surface area contributed by atoms with E-state index < -0.39 is 15.8 Å². The standard InChI is InChI=1S/C13H16FNO3S/c1-2-3-8-19(17,18)15-7-6-13(16)11-9-10(14)4-5-12(11)15/h4-5,9H,2-3,6-8H2,1H3. The van der Waals surface area contributed by atoms with E-state index in [9.17, 15) is 17.6 Å². The second-order valence-corrected chi connectivity index (χ2v) is 6.59. The van der Waals surface area contributed by atoms with Gasteiger partial charge in [-0.1, -0.05) is 13.3 Å². The van der Waals surface area contributed by atoms with Crippen LogP contribution >= 0.6 is 0 Å². The number of benzene rings is 1. The van der Waals surface area contributed by atoms with Crippen molar-refractivity contribution in [2.75, 3.05) is 16.6 Å². The van der Waals surface area contributed by atoms with Gasteiger partial charge in [0.05, 0.1) is 11.4 Å². The molecule has 1 aromatic rings. The van der Waals surface area contributed by atoms with Crippen molar-refractivity contribution in [2.24, 2.45) is 0 Å². The predicted molar refractivity (Wildman–Crippen MR) is 71.4 cm³/mol. The first-order valence-electron chi connectivity index (χ1n) is 6.29. The summed E-state index contributed by atoms with van der Waals surface area (Å²) in [5.74, 6) is -0.689. The molecule has 0 amide bonds. The van der Waals surface area contributed by atoms with Crippen LogP contribution in [0.2, 0.25) is 0 Å². The topological polar surface area (TPSA) is 54.5 Å². The molecule has 6 heteroatoms. The summed E-state index contributed by atoms with van der Waals surface area (Å²) in [4.78, 5) is 11.7. The molecule has 0 aliphatic carbocycles. The Morgan fingerprint density at radius 3 is 2.79 bits per heavy atom. The number of unbranched alkanes of at least 4 members (excludes halogenated alkanes) is 1. The van der Waals surface area contributed by atoms with Crippen molar-refractivity contribution < 1.29 is 17.6 Å². The van der Waals surface area contributed by atoms with Crippen LogP contribution in [-0.4, -0.2) is 26.5 Å². The van der Waals surface area contributed by atoms with Gasteiger partial charge < -0.3 is 0 Å².